The number of piperidine rings is 1. The molecule has 1 aromatic rings. The van der Waals surface area contributed by atoms with Crippen molar-refractivity contribution in [1.29, 1.82) is 0 Å². The largest absolute Gasteiger partial charge is 0.468 e. The van der Waals surface area contributed by atoms with Crippen LogP contribution in [0.2, 0.25) is 5.02 Å². The van der Waals surface area contributed by atoms with Gasteiger partial charge in [0.15, 0.2) is 0 Å². The maximum Gasteiger partial charge on any atom is 0.330 e. The van der Waals surface area contributed by atoms with Gasteiger partial charge >= 0.3 is 11.9 Å². The summed E-state index contributed by atoms with van der Waals surface area (Å²) >= 11 is 6.26. The fourth-order valence-electron chi connectivity index (χ4n) is 2.87. The normalized spacial score (nSPS) is 21.0. The number of methoxy groups -OCH3 is 1. The molecule has 136 valence electrons. The summed E-state index contributed by atoms with van der Waals surface area (Å²) in [4.78, 5) is 25.9. The van der Waals surface area contributed by atoms with Crippen molar-refractivity contribution in [3.8, 4) is 0 Å². The van der Waals surface area contributed by atoms with Gasteiger partial charge in [-0.25, -0.2) is 9.59 Å². The number of likely N-dealkylation sites (tertiary alicyclic amines) is 1. The molecule has 25 heavy (non-hydrogen) atoms. The van der Waals surface area contributed by atoms with Crippen LogP contribution >= 0.6 is 11.6 Å². The molecule has 0 saturated carbocycles. The van der Waals surface area contributed by atoms with Crippen LogP contribution in [0.3, 0.4) is 0 Å². The Balaban J connectivity index is 2.30. The van der Waals surface area contributed by atoms with Gasteiger partial charge in [0.1, 0.15) is 6.04 Å². The van der Waals surface area contributed by atoms with Crippen LogP contribution in [0.1, 0.15) is 24.9 Å². The lowest BCUT2D eigenvalue weighted by atomic mass is 9.96. The molecule has 1 fully saturated rings. The van der Waals surface area contributed by atoms with E-state index in [0.29, 0.717) is 29.1 Å². The van der Waals surface area contributed by atoms with E-state index >= 15 is 0 Å². The quantitative estimate of drug-likeness (QED) is 0.634. The number of nitrogens with zero attached hydrogens (tertiary/aromatic N) is 1. The fourth-order valence-corrected chi connectivity index (χ4v) is 3.11. The van der Waals surface area contributed by atoms with Crippen molar-refractivity contribution in [3.63, 3.8) is 0 Å². The number of hydrogen-bond acceptors (Lipinski definition) is 6. The number of aliphatic hydroxyl groups excluding tert-OH is 1. The summed E-state index contributed by atoms with van der Waals surface area (Å²) in [5.41, 5.74) is 1.13. The maximum atomic E-state index is 12.4. The Morgan fingerprint density at radius 1 is 1.44 bits per heavy atom. The lowest BCUT2D eigenvalue weighted by molar-refractivity contribution is -0.147. The maximum absolute atomic E-state index is 12.4. The van der Waals surface area contributed by atoms with Crippen LogP contribution in [0.25, 0.3) is 0 Å². The summed E-state index contributed by atoms with van der Waals surface area (Å²) < 4.78 is 9.85. The fraction of sp³-hybridized carbons (Fsp3) is 0.444. The number of halogens is 1. The molecule has 0 spiro atoms. The van der Waals surface area contributed by atoms with E-state index in [9.17, 15) is 14.7 Å². The smallest absolute Gasteiger partial charge is 0.330 e. The number of ether oxygens (including phenoxy) is 2. The first kappa shape index (κ1) is 19.4. The number of carbonyl (C=O) groups is 2. The average molecular weight is 368 g/mol. The summed E-state index contributed by atoms with van der Waals surface area (Å²) in [7, 11) is 1.32. The van der Waals surface area contributed by atoms with Gasteiger partial charge in [-0.3, -0.25) is 4.90 Å². The zero-order valence-electron chi connectivity index (χ0n) is 14.3. The molecule has 2 unspecified atom stereocenters. The summed E-state index contributed by atoms with van der Waals surface area (Å²) in [5.74, 6) is -0.953. The predicted molar refractivity (Wildman–Crippen MR) is 93.1 cm³/mol. The molecule has 0 aliphatic carbocycles. The minimum Gasteiger partial charge on any atom is -0.468 e. The van der Waals surface area contributed by atoms with Gasteiger partial charge in [0.2, 0.25) is 0 Å². The number of benzene rings is 1. The number of aliphatic hydroxyl groups is 1. The van der Waals surface area contributed by atoms with Gasteiger partial charge in [0, 0.05) is 24.2 Å². The van der Waals surface area contributed by atoms with E-state index in [1.54, 1.807) is 31.2 Å². The topological polar surface area (TPSA) is 76.1 Å². The Bertz CT molecular complexity index is 661. The summed E-state index contributed by atoms with van der Waals surface area (Å²) in [6, 6.07) is 6.35. The van der Waals surface area contributed by atoms with Crippen molar-refractivity contribution < 1.29 is 24.2 Å². The van der Waals surface area contributed by atoms with E-state index in [1.807, 2.05) is 4.90 Å². The molecular formula is C18H22ClNO5. The summed E-state index contributed by atoms with van der Waals surface area (Å²) in [6.45, 7) is 2.68. The van der Waals surface area contributed by atoms with E-state index in [4.69, 9.17) is 21.1 Å². The molecule has 0 bridgehead atoms. The van der Waals surface area contributed by atoms with E-state index < -0.39 is 24.1 Å². The van der Waals surface area contributed by atoms with Gasteiger partial charge in [-0.1, -0.05) is 29.8 Å². The first-order valence-electron chi connectivity index (χ1n) is 8.09. The van der Waals surface area contributed by atoms with E-state index in [-0.39, 0.29) is 13.2 Å². The number of carbonyl (C=O) groups excluding carboxylic acids is 2. The zero-order valence-corrected chi connectivity index (χ0v) is 15.0. The molecule has 1 heterocycles. The second-order valence-electron chi connectivity index (χ2n) is 5.69. The highest BCUT2D eigenvalue weighted by Crippen LogP contribution is 2.32. The van der Waals surface area contributed by atoms with Crippen LogP contribution in [0.4, 0.5) is 0 Å². The third-order valence-electron chi connectivity index (χ3n) is 4.08. The molecule has 1 aliphatic rings. The summed E-state index contributed by atoms with van der Waals surface area (Å²) in [5, 5.41) is 10.6. The Morgan fingerprint density at radius 3 is 2.80 bits per heavy atom. The molecule has 2 atom stereocenters. The van der Waals surface area contributed by atoms with Crippen LogP contribution < -0.4 is 0 Å². The van der Waals surface area contributed by atoms with Gasteiger partial charge in [0.25, 0.3) is 0 Å². The van der Waals surface area contributed by atoms with Crippen LogP contribution in [-0.4, -0.2) is 54.9 Å². The van der Waals surface area contributed by atoms with Gasteiger partial charge in [-0.2, -0.15) is 0 Å². The highest BCUT2D eigenvalue weighted by Gasteiger charge is 2.34. The molecule has 0 radical (unpaired) electrons. The third kappa shape index (κ3) is 4.81. The lowest BCUT2D eigenvalue weighted by Gasteiger charge is -2.36. The Hall–Kier alpha value is -1.89. The van der Waals surface area contributed by atoms with E-state index in [0.717, 1.165) is 0 Å². The highest BCUT2D eigenvalue weighted by molar-refractivity contribution is 6.31. The van der Waals surface area contributed by atoms with Crippen molar-refractivity contribution >= 4 is 23.5 Å². The lowest BCUT2D eigenvalue weighted by Crippen LogP contribution is -2.43. The molecular weight excluding hydrogens is 346 g/mol. The van der Waals surface area contributed by atoms with Crippen molar-refractivity contribution in [1.82, 2.24) is 4.90 Å². The number of rotatable bonds is 5. The Morgan fingerprint density at radius 2 is 2.16 bits per heavy atom. The van der Waals surface area contributed by atoms with E-state index in [1.165, 1.54) is 13.2 Å². The second kappa shape index (κ2) is 8.99. The minimum atomic E-state index is -0.745. The monoisotopic (exact) mass is 367 g/mol. The molecule has 2 rings (SSSR count). The Labute approximate surface area is 152 Å². The standard InChI is InChI=1S/C18H22ClNO5/c1-3-25-16(22)10-12-11-20(9-8-15(12)21)17(18(23)24-2)13-6-4-5-7-14(13)19/h4-7,10,15,17,21H,3,8-9,11H2,1-2H3/b12-10-. The average Bonchev–Trinajstić information content (AvgIpc) is 2.59. The zero-order chi connectivity index (χ0) is 18.4. The van der Waals surface area contributed by atoms with Gasteiger partial charge in [-0.05, 0) is 30.5 Å². The molecule has 7 heteroatoms. The van der Waals surface area contributed by atoms with Gasteiger partial charge in [0.05, 0.1) is 19.8 Å². The Kier molecular flexibility index (Phi) is 6.99. The highest BCUT2D eigenvalue weighted by atomic mass is 35.5. The van der Waals surface area contributed by atoms with Crippen LogP contribution in [0.15, 0.2) is 35.9 Å². The number of esters is 2. The second-order valence-corrected chi connectivity index (χ2v) is 6.10. The third-order valence-corrected chi connectivity index (χ3v) is 4.43. The van der Waals surface area contributed by atoms with Gasteiger partial charge in [-0.15, -0.1) is 0 Å². The predicted octanol–water partition coefficient (Wildman–Crippen LogP) is 2.11. The molecule has 6 nitrogen and oxygen atoms in total. The molecule has 1 aliphatic heterocycles. The van der Waals surface area contributed by atoms with Crippen molar-refractivity contribution in [2.75, 3.05) is 26.8 Å². The van der Waals surface area contributed by atoms with E-state index in [2.05, 4.69) is 0 Å². The van der Waals surface area contributed by atoms with Crippen molar-refractivity contribution in [2.45, 2.75) is 25.5 Å². The van der Waals surface area contributed by atoms with Crippen LogP contribution in [0.5, 0.6) is 0 Å². The van der Waals surface area contributed by atoms with Crippen LogP contribution in [0, 0.1) is 0 Å². The first-order valence-corrected chi connectivity index (χ1v) is 8.47. The molecule has 1 N–H and O–H groups in total. The SMILES string of the molecule is CCOC(=O)/C=C1/CN(C(C(=O)OC)c2ccccc2Cl)CCC1O. The first-order chi connectivity index (χ1) is 12.0. The van der Waals surface area contributed by atoms with Crippen molar-refractivity contribution in [3.05, 3.63) is 46.5 Å². The number of hydrogen-bond donors (Lipinski definition) is 1. The molecule has 0 amide bonds. The summed E-state index contributed by atoms with van der Waals surface area (Å²) in [6.07, 6.45) is 0.940. The molecule has 1 aromatic carbocycles. The molecule has 1 saturated heterocycles. The minimum absolute atomic E-state index is 0.241. The van der Waals surface area contributed by atoms with Crippen molar-refractivity contribution in [2.24, 2.45) is 0 Å². The molecule has 0 aromatic heterocycles. The van der Waals surface area contributed by atoms with Crippen LogP contribution in [-0.2, 0) is 19.1 Å². The van der Waals surface area contributed by atoms with Gasteiger partial charge < -0.3 is 14.6 Å².